The fourth-order valence-corrected chi connectivity index (χ4v) is 2.78. The zero-order chi connectivity index (χ0) is 19.2. The third-order valence-corrected chi connectivity index (χ3v) is 4.18. The normalized spacial score (nSPS) is 11.5. The van der Waals surface area contributed by atoms with E-state index in [-0.39, 0.29) is 5.56 Å². The van der Waals surface area contributed by atoms with E-state index in [0.717, 1.165) is 11.1 Å². The maximum Gasteiger partial charge on any atom is 0.289 e. The van der Waals surface area contributed by atoms with Gasteiger partial charge in [0.2, 0.25) is 0 Å². The van der Waals surface area contributed by atoms with Gasteiger partial charge in [0.15, 0.2) is 0 Å². The van der Waals surface area contributed by atoms with Crippen molar-refractivity contribution in [2.45, 2.75) is 13.8 Å². The first-order valence-corrected chi connectivity index (χ1v) is 8.61. The lowest BCUT2D eigenvalue weighted by atomic mass is 10.1. The molecular formula is C23H19N3O. The third kappa shape index (κ3) is 4.10. The highest BCUT2D eigenvalue weighted by Crippen LogP contribution is 2.10. The molecule has 3 rings (SSSR count). The first kappa shape index (κ1) is 18.1. The Morgan fingerprint density at radius 3 is 2.30 bits per heavy atom. The van der Waals surface area contributed by atoms with Crippen LogP contribution in [0.3, 0.4) is 0 Å². The van der Waals surface area contributed by atoms with Crippen LogP contribution in [0.4, 0.5) is 0 Å². The van der Waals surface area contributed by atoms with E-state index in [4.69, 9.17) is 0 Å². The van der Waals surface area contributed by atoms with Gasteiger partial charge >= 0.3 is 0 Å². The Morgan fingerprint density at radius 2 is 1.67 bits per heavy atom. The second-order valence-corrected chi connectivity index (χ2v) is 6.17. The molecule has 4 heteroatoms. The predicted molar refractivity (Wildman–Crippen MR) is 109 cm³/mol. The van der Waals surface area contributed by atoms with Gasteiger partial charge < -0.3 is 0 Å². The quantitative estimate of drug-likeness (QED) is 0.657. The fraction of sp³-hybridized carbons (Fsp3) is 0.0870. The Morgan fingerprint density at radius 1 is 1.04 bits per heavy atom. The summed E-state index contributed by atoms with van der Waals surface area (Å²) < 4.78 is 1.29. The Kier molecular flexibility index (Phi) is 5.44. The Bertz CT molecular complexity index is 1100. The molecule has 0 fully saturated rings. The van der Waals surface area contributed by atoms with Crippen LogP contribution >= 0.6 is 0 Å². The minimum absolute atomic E-state index is 0.115. The molecule has 0 N–H and O–H groups in total. The van der Waals surface area contributed by atoms with Gasteiger partial charge in [-0.3, -0.25) is 4.79 Å². The second-order valence-electron chi connectivity index (χ2n) is 6.17. The van der Waals surface area contributed by atoms with Crippen LogP contribution < -0.4 is 5.56 Å². The third-order valence-electron chi connectivity index (χ3n) is 4.18. The number of benzene rings is 2. The van der Waals surface area contributed by atoms with Crippen LogP contribution in [-0.2, 0) is 0 Å². The van der Waals surface area contributed by atoms with Crippen LogP contribution in [0.25, 0.3) is 6.08 Å². The molecule has 0 spiro atoms. The fourth-order valence-electron chi connectivity index (χ4n) is 2.78. The van der Waals surface area contributed by atoms with Gasteiger partial charge in [-0.15, -0.1) is 0 Å². The van der Waals surface area contributed by atoms with E-state index in [1.54, 1.807) is 13.0 Å². The van der Waals surface area contributed by atoms with Crippen molar-refractivity contribution in [2.75, 3.05) is 0 Å². The number of pyridine rings is 1. The van der Waals surface area contributed by atoms with E-state index in [0.29, 0.717) is 17.0 Å². The summed E-state index contributed by atoms with van der Waals surface area (Å²) >= 11 is 0. The number of allylic oxidation sites excluding steroid dienone is 1. The van der Waals surface area contributed by atoms with Crippen LogP contribution in [0, 0.1) is 25.2 Å². The lowest BCUT2D eigenvalue weighted by molar-refractivity contribution is 0.783. The summed E-state index contributed by atoms with van der Waals surface area (Å²) in [6, 6.07) is 23.3. The molecule has 132 valence electrons. The molecule has 0 unspecified atom stereocenters. The van der Waals surface area contributed by atoms with Gasteiger partial charge in [0.25, 0.3) is 5.56 Å². The monoisotopic (exact) mass is 353 g/mol. The van der Waals surface area contributed by atoms with Crippen molar-refractivity contribution < 1.29 is 0 Å². The lowest BCUT2D eigenvalue weighted by Crippen LogP contribution is -2.23. The zero-order valence-electron chi connectivity index (χ0n) is 15.3. The Balaban J connectivity index is 2.16. The molecule has 0 radical (unpaired) electrons. The van der Waals surface area contributed by atoms with Gasteiger partial charge in [0.1, 0.15) is 11.6 Å². The van der Waals surface area contributed by atoms with Gasteiger partial charge in [-0.1, -0.05) is 66.7 Å². The van der Waals surface area contributed by atoms with Gasteiger partial charge in [-0.2, -0.15) is 15.0 Å². The minimum Gasteiger partial charge on any atom is -0.266 e. The summed E-state index contributed by atoms with van der Waals surface area (Å²) in [7, 11) is 0. The molecule has 0 bridgehead atoms. The summed E-state index contributed by atoms with van der Waals surface area (Å²) in [5.41, 5.74) is 3.60. The molecule has 3 aromatic rings. The number of rotatable bonds is 4. The smallest absolute Gasteiger partial charge is 0.266 e. The van der Waals surface area contributed by atoms with E-state index in [1.165, 1.54) is 4.68 Å². The van der Waals surface area contributed by atoms with Crippen molar-refractivity contribution in [2.24, 2.45) is 5.10 Å². The molecular weight excluding hydrogens is 334 g/mol. The molecule has 0 aliphatic carbocycles. The van der Waals surface area contributed by atoms with Crippen molar-refractivity contribution in [1.29, 1.82) is 5.26 Å². The van der Waals surface area contributed by atoms with Crippen LogP contribution in [0.5, 0.6) is 0 Å². The molecule has 1 heterocycles. The molecule has 0 aliphatic rings. The second kappa shape index (κ2) is 8.11. The van der Waals surface area contributed by atoms with Gasteiger partial charge in [-0.25, -0.2) is 0 Å². The first-order valence-electron chi connectivity index (χ1n) is 8.61. The number of hydrogen-bond acceptors (Lipinski definition) is 3. The standard InChI is InChI=1S/C23H19N3O/c1-17-15-18(2)26(23(27)21(17)16-24)25-22(20-11-7-4-8-12-20)14-13-19-9-5-3-6-10-19/h3-15H,1-2H3. The summed E-state index contributed by atoms with van der Waals surface area (Å²) in [6.45, 7) is 3.57. The zero-order valence-corrected chi connectivity index (χ0v) is 15.3. The number of hydrogen-bond donors (Lipinski definition) is 0. The van der Waals surface area contributed by atoms with Gasteiger partial charge in [0, 0.05) is 11.3 Å². The lowest BCUT2D eigenvalue weighted by Gasteiger charge is -2.09. The highest BCUT2D eigenvalue weighted by atomic mass is 16.1. The van der Waals surface area contributed by atoms with Crippen molar-refractivity contribution in [3.8, 4) is 6.07 Å². The van der Waals surface area contributed by atoms with Crippen molar-refractivity contribution >= 4 is 11.8 Å². The SMILES string of the molecule is Cc1cc(C)n(N=C(C=Cc2ccccc2)c2ccccc2)c(=O)c1C#N. The molecule has 2 aromatic carbocycles. The maximum atomic E-state index is 12.7. The van der Waals surface area contributed by atoms with E-state index in [1.807, 2.05) is 85.8 Å². The average molecular weight is 353 g/mol. The number of aromatic nitrogens is 1. The van der Waals surface area contributed by atoms with Gasteiger partial charge in [-0.05, 0) is 37.1 Å². The highest BCUT2D eigenvalue weighted by Gasteiger charge is 2.10. The van der Waals surface area contributed by atoms with E-state index >= 15 is 0 Å². The molecule has 0 saturated heterocycles. The molecule has 0 atom stereocenters. The molecule has 0 saturated carbocycles. The largest absolute Gasteiger partial charge is 0.289 e. The number of nitrogens with zero attached hydrogens (tertiary/aromatic N) is 3. The molecule has 0 amide bonds. The summed E-state index contributed by atoms with van der Waals surface area (Å²) in [5.74, 6) is 0. The number of nitriles is 1. The minimum atomic E-state index is -0.406. The predicted octanol–water partition coefficient (Wildman–Crippen LogP) is 4.30. The summed E-state index contributed by atoms with van der Waals surface area (Å²) in [4.78, 5) is 12.7. The van der Waals surface area contributed by atoms with Crippen molar-refractivity contribution in [3.63, 3.8) is 0 Å². The van der Waals surface area contributed by atoms with Crippen LogP contribution in [0.2, 0.25) is 0 Å². The van der Waals surface area contributed by atoms with Crippen LogP contribution in [0.1, 0.15) is 27.9 Å². The summed E-state index contributed by atoms with van der Waals surface area (Å²) in [5, 5.41) is 13.9. The Labute approximate surface area is 158 Å². The van der Waals surface area contributed by atoms with Crippen molar-refractivity contribution in [1.82, 2.24) is 4.68 Å². The first-order chi connectivity index (χ1) is 13.1. The highest BCUT2D eigenvalue weighted by molar-refractivity contribution is 6.10. The maximum absolute atomic E-state index is 12.7. The molecule has 27 heavy (non-hydrogen) atoms. The van der Waals surface area contributed by atoms with Crippen LogP contribution in [-0.4, -0.2) is 10.4 Å². The van der Waals surface area contributed by atoms with Crippen molar-refractivity contribution in [3.05, 3.63) is 111 Å². The molecule has 0 aliphatic heterocycles. The van der Waals surface area contributed by atoms with Gasteiger partial charge in [0.05, 0.1) is 5.71 Å². The van der Waals surface area contributed by atoms with E-state index < -0.39 is 5.56 Å². The number of aryl methyl sites for hydroxylation is 2. The average Bonchev–Trinajstić information content (AvgIpc) is 2.69. The molecule has 4 nitrogen and oxygen atoms in total. The molecule has 1 aromatic heterocycles. The summed E-state index contributed by atoms with van der Waals surface area (Å²) in [6.07, 6.45) is 3.83. The Hall–Kier alpha value is -3.71. The topological polar surface area (TPSA) is 58.1 Å². The van der Waals surface area contributed by atoms with E-state index in [9.17, 15) is 10.1 Å². The van der Waals surface area contributed by atoms with Crippen LogP contribution in [0.15, 0.2) is 82.7 Å². The van der Waals surface area contributed by atoms with E-state index in [2.05, 4.69) is 5.10 Å².